The summed E-state index contributed by atoms with van der Waals surface area (Å²) >= 11 is 11.9. The number of hydrogen-bond donors (Lipinski definition) is 0. The van der Waals surface area contributed by atoms with Crippen LogP contribution in [0.15, 0.2) is 18.2 Å². The number of morpholine rings is 1. The van der Waals surface area contributed by atoms with Crippen LogP contribution in [0, 0.1) is 5.92 Å². The Morgan fingerprint density at radius 2 is 1.79 bits per heavy atom. The number of amides is 1. The number of halogens is 2. The van der Waals surface area contributed by atoms with Crippen LogP contribution in [0.25, 0.3) is 0 Å². The highest BCUT2D eigenvalue weighted by Crippen LogP contribution is 2.24. The largest absolute Gasteiger partial charge is 0.379 e. The number of benzene rings is 1. The number of hydrogen-bond acceptors (Lipinski definition) is 3. The molecule has 0 unspecified atom stereocenters. The lowest BCUT2D eigenvalue weighted by molar-refractivity contribution is -0.132. The van der Waals surface area contributed by atoms with Gasteiger partial charge in [-0.05, 0) is 36.5 Å². The summed E-state index contributed by atoms with van der Waals surface area (Å²) in [7, 11) is 0. The molecule has 1 amide bonds. The second-order valence-electron chi connectivity index (χ2n) is 6.66. The molecule has 1 aromatic carbocycles. The van der Waals surface area contributed by atoms with E-state index in [1.807, 2.05) is 11.0 Å². The second-order valence-corrected chi connectivity index (χ2v) is 7.48. The van der Waals surface area contributed by atoms with Crippen LogP contribution in [0.4, 0.5) is 0 Å². The highest BCUT2D eigenvalue weighted by molar-refractivity contribution is 6.42. The van der Waals surface area contributed by atoms with E-state index < -0.39 is 0 Å². The van der Waals surface area contributed by atoms with Crippen molar-refractivity contribution >= 4 is 29.1 Å². The number of carbonyl (C=O) groups excluding carboxylic acids is 1. The molecule has 2 heterocycles. The molecule has 0 aliphatic carbocycles. The van der Waals surface area contributed by atoms with Gasteiger partial charge < -0.3 is 9.64 Å². The van der Waals surface area contributed by atoms with Crippen molar-refractivity contribution in [3.63, 3.8) is 0 Å². The van der Waals surface area contributed by atoms with E-state index in [2.05, 4.69) is 4.90 Å². The van der Waals surface area contributed by atoms with Crippen molar-refractivity contribution in [2.24, 2.45) is 5.92 Å². The predicted molar refractivity (Wildman–Crippen MR) is 96.7 cm³/mol. The minimum absolute atomic E-state index is 0.179. The molecule has 6 heteroatoms. The van der Waals surface area contributed by atoms with E-state index >= 15 is 0 Å². The smallest absolute Gasteiger partial charge is 0.226 e. The molecule has 0 spiro atoms. The van der Waals surface area contributed by atoms with Gasteiger partial charge >= 0.3 is 0 Å². The van der Waals surface area contributed by atoms with Gasteiger partial charge in [0.05, 0.1) is 29.7 Å². The van der Waals surface area contributed by atoms with Gasteiger partial charge in [-0.2, -0.15) is 0 Å². The van der Waals surface area contributed by atoms with Gasteiger partial charge in [0.1, 0.15) is 0 Å². The lowest BCUT2D eigenvalue weighted by Gasteiger charge is -2.36. The number of rotatable bonds is 4. The summed E-state index contributed by atoms with van der Waals surface area (Å²) in [5.74, 6) is 0.871. The normalized spacial score (nSPS) is 20.3. The molecule has 0 saturated carbocycles. The van der Waals surface area contributed by atoms with Crippen LogP contribution in [0.2, 0.25) is 10.0 Å². The third kappa shape index (κ3) is 4.85. The molecule has 4 nitrogen and oxygen atoms in total. The summed E-state index contributed by atoms with van der Waals surface area (Å²) in [6.07, 6.45) is 2.57. The molecule has 0 aromatic heterocycles. The number of carbonyl (C=O) groups is 1. The SMILES string of the molecule is O=C(Cc1ccc(Cl)c(Cl)c1)N1CCC(CN2CCOCC2)CC1. The van der Waals surface area contributed by atoms with Crippen molar-refractivity contribution < 1.29 is 9.53 Å². The van der Waals surface area contributed by atoms with E-state index in [1.54, 1.807) is 12.1 Å². The first-order chi connectivity index (χ1) is 11.6. The van der Waals surface area contributed by atoms with E-state index in [0.29, 0.717) is 22.4 Å². The third-order valence-electron chi connectivity index (χ3n) is 4.93. The van der Waals surface area contributed by atoms with Crippen LogP contribution >= 0.6 is 23.2 Å². The lowest BCUT2D eigenvalue weighted by atomic mass is 9.95. The summed E-state index contributed by atoms with van der Waals surface area (Å²) in [4.78, 5) is 17.0. The van der Waals surface area contributed by atoms with Gasteiger partial charge in [0.25, 0.3) is 0 Å². The minimum atomic E-state index is 0.179. The Morgan fingerprint density at radius 3 is 2.46 bits per heavy atom. The zero-order chi connectivity index (χ0) is 16.9. The van der Waals surface area contributed by atoms with E-state index in [1.165, 1.54) is 0 Å². The molecule has 2 aliphatic rings. The molecule has 3 rings (SSSR count). The first-order valence-electron chi connectivity index (χ1n) is 8.63. The molecule has 1 aromatic rings. The van der Waals surface area contributed by atoms with Gasteiger partial charge in [0.15, 0.2) is 0 Å². The fourth-order valence-corrected chi connectivity index (χ4v) is 3.77. The standard InChI is InChI=1S/C18H24Cl2N2O2/c19-16-2-1-15(11-17(16)20)12-18(23)22-5-3-14(4-6-22)13-21-7-9-24-10-8-21/h1-2,11,14H,3-10,12-13H2. The van der Waals surface area contributed by atoms with Crippen molar-refractivity contribution in [1.82, 2.24) is 9.80 Å². The first kappa shape index (κ1) is 18.0. The molecule has 2 aliphatic heterocycles. The minimum Gasteiger partial charge on any atom is -0.379 e. The van der Waals surface area contributed by atoms with Gasteiger partial charge in [-0.3, -0.25) is 9.69 Å². The van der Waals surface area contributed by atoms with Gasteiger partial charge in [-0.1, -0.05) is 29.3 Å². The Balaban J connectivity index is 1.45. The maximum Gasteiger partial charge on any atom is 0.226 e. The van der Waals surface area contributed by atoms with E-state index in [9.17, 15) is 4.79 Å². The molecular weight excluding hydrogens is 347 g/mol. The summed E-state index contributed by atoms with van der Waals surface area (Å²) in [5, 5.41) is 1.03. The molecule has 0 N–H and O–H groups in total. The number of piperidine rings is 1. The maximum atomic E-state index is 12.5. The van der Waals surface area contributed by atoms with Crippen molar-refractivity contribution in [3.8, 4) is 0 Å². The Labute approximate surface area is 153 Å². The third-order valence-corrected chi connectivity index (χ3v) is 5.67. The zero-order valence-electron chi connectivity index (χ0n) is 13.8. The van der Waals surface area contributed by atoms with Crippen LogP contribution in [0.1, 0.15) is 18.4 Å². The predicted octanol–water partition coefficient (Wildman–Crippen LogP) is 3.11. The fraction of sp³-hybridized carbons (Fsp3) is 0.611. The zero-order valence-corrected chi connectivity index (χ0v) is 15.4. The van der Waals surface area contributed by atoms with Crippen molar-refractivity contribution in [2.75, 3.05) is 45.9 Å². The highest BCUT2D eigenvalue weighted by atomic mass is 35.5. The summed E-state index contributed by atoms with van der Waals surface area (Å²) < 4.78 is 5.40. The molecular formula is C18H24Cl2N2O2. The van der Waals surface area contributed by atoms with Crippen LogP contribution in [0.3, 0.4) is 0 Å². The van der Waals surface area contributed by atoms with Crippen LogP contribution in [0.5, 0.6) is 0 Å². The topological polar surface area (TPSA) is 32.8 Å². The molecule has 2 fully saturated rings. The molecule has 2 saturated heterocycles. The Morgan fingerprint density at radius 1 is 1.08 bits per heavy atom. The Bertz CT molecular complexity index is 568. The molecule has 24 heavy (non-hydrogen) atoms. The summed E-state index contributed by atoms with van der Waals surface area (Å²) in [5.41, 5.74) is 0.921. The number of ether oxygens (including phenoxy) is 1. The number of likely N-dealkylation sites (tertiary alicyclic amines) is 1. The quantitative estimate of drug-likeness (QED) is 0.816. The average molecular weight is 371 g/mol. The van der Waals surface area contributed by atoms with E-state index in [-0.39, 0.29) is 5.91 Å². The first-order valence-corrected chi connectivity index (χ1v) is 9.39. The van der Waals surface area contributed by atoms with Crippen molar-refractivity contribution in [1.29, 1.82) is 0 Å². The van der Waals surface area contributed by atoms with Crippen molar-refractivity contribution in [3.05, 3.63) is 33.8 Å². The molecule has 0 atom stereocenters. The molecule has 0 bridgehead atoms. The van der Waals surface area contributed by atoms with Gasteiger partial charge in [0, 0.05) is 32.7 Å². The monoisotopic (exact) mass is 370 g/mol. The summed E-state index contributed by atoms with van der Waals surface area (Å²) in [6.45, 7) is 6.62. The highest BCUT2D eigenvalue weighted by Gasteiger charge is 2.25. The van der Waals surface area contributed by atoms with Gasteiger partial charge in [-0.25, -0.2) is 0 Å². The second kappa shape index (κ2) is 8.52. The van der Waals surface area contributed by atoms with Crippen LogP contribution in [-0.4, -0.2) is 61.6 Å². The average Bonchev–Trinajstić information content (AvgIpc) is 2.60. The van der Waals surface area contributed by atoms with E-state index in [4.69, 9.17) is 27.9 Å². The Hall–Kier alpha value is -0.810. The van der Waals surface area contributed by atoms with Gasteiger partial charge in [0.2, 0.25) is 5.91 Å². The molecule has 132 valence electrons. The summed E-state index contributed by atoms with van der Waals surface area (Å²) in [6, 6.07) is 5.41. The van der Waals surface area contributed by atoms with Crippen molar-refractivity contribution in [2.45, 2.75) is 19.3 Å². The van der Waals surface area contributed by atoms with E-state index in [0.717, 1.165) is 64.3 Å². The Kier molecular flexibility index (Phi) is 6.39. The lowest BCUT2D eigenvalue weighted by Crippen LogP contribution is -2.44. The number of nitrogens with zero attached hydrogens (tertiary/aromatic N) is 2. The van der Waals surface area contributed by atoms with Gasteiger partial charge in [-0.15, -0.1) is 0 Å². The van der Waals surface area contributed by atoms with Crippen LogP contribution < -0.4 is 0 Å². The maximum absolute atomic E-state index is 12.5. The van der Waals surface area contributed by atoms with Crippen LogP contribution in [-0.2, 0) is 16.0 Å². The fourth-order valence-electron chi connectivity index (χ4n) is 3.45. The molecule has 0 radical (unpaired) electrons.